The quantitative estimate of drug-likeness (QED) is 0.843. The fourth-order valence-electron chi connectivity index (χ4n) is 2.49. The zero-order valence-corrected chi connectivity index (χ0v) is 12.8. The molecule has 0 amide bonds. The number of rotatable bonds is 7. The predicted octanol–water partition coefficient (Wildman–Crippen LogP) is 3.04. The molecule has 0 aliphatic rings. The van der Waals surface area contributed by atoms with Crippen LogP contribution in [0.15, 0.2) is 22.9 Å². The predicted molar refractivity (Wildman–Crippen MR) is 81.8 cm³/mol. The van der Waals surface area contributed by atoms with E-state index in [9.17, 15) is 0 Å². The van der Waals surface area contributed by atoms with Gasteiger partial charge in [-0.05, 0) is 55.3 Å². The summed E-state index contributed by atoms with van der Waals surface area (Å²) >= 11 is 1.77. The van der Waals surface area contributed by atoms with E-state index in [1.807, 2.05) is 0 Å². The lowest BCUT2D eigenvalue weighted by molar-refractivity contribution is 0.496. The van der Waals surface area contributed by atoms with Gasteiger partial charge in [-0.25, -0.2) is 0 Å². The van der Waals surface area contributed by atoms with Gasteiger partial charge in [0.05, 0.1) is 5.69 Å². The zero-order chi connectivity index (χ0) is 13.7. The van der Waals surface area contributed by atoms with Gasteiger partial charge in [0.1, 0.15) is 0 Å². The van der Waals surface area contributed by atoms with Crippen molar-refractivity contribution in [3.63, 3.8) is 0 Å². The molecule has 0 spiro atoms. The summed E-state index contributed by atoms with van der Waals surface area (Å²) in [6.45, 7) is 8.34. The first-order chi connectivity index (χ1) is 9.22. The molecule has 2 heterocycles. The molecule has 1 atom stereocenters. The Kier molecular flexibility index (Phi) is 5.16. The summed E-state index contributed by atoms with van der Waals surface area (Å²) in [6, 6.07) is 4.92. The highest BCUT2D eigenvalue weighted by Crippen LogP contribution is 2.13. The molecule has 2 rings (SSSR count). The van der Waals surface area contributed by atoms with E-state index in [4.69, 9.17) is 0 Å². The van der Waals surface area contributed by atoms with Crippen LogP contribution in [0.2, 0.25) is 0 Å². The average Bonchev–Trinajstić information content (AvgIpc) is 2.99. The first-order valence-corrected chi connectivity index (χ1v) is 7.95. The molecule has 104 valence electrons. The Morgan fingerprint density at radius 2 is 2.21 bits per heavy atom. The Balaban J connectivity index is 2.06. The van der Waals surface area contributed by atoms with Crippen molar-refractivity contribution in [1.82, 2.24) is 15.1 Å². The minimum absolute atomic E-state index is 0.487. The monoisotopic (exact) mass is 277 g/mol. The number of likely N-dealkylation sites (N-methyl/N-ethyl adjacent to an activating group) is 1. The molecule has 0 aromatic carbocycles. The Morgan fingerprint density at radius 1 is 1.37 bits per heavy atom. The summed E-state index contributed by atoms with van der Waals surface area (Å²) in [5, 5.41) is 12.5. The van der Waals surface area contributed by atoms with Gasteiger partial charge in [0.25, 0.3) is 0 Å². The van der Waals surface area contributed by atoms with Gasteiger partial charge in [0.2, 0.25) is 0 Å². The molecular weight excluding hydrogens is 254 g/mol. The van der Waals surface area contributed by atoms with E-state index in [0.29, 0.717) is 6.04 Å². The molecule has 19 heavy (non-hydrogen) atoms. The minimum Gasteiger partial charge on any atom is -0.314 e. The number of hydrogen-bond donors (Lipinski definition) is 1. The van der Waals surface area contributed by atoms with Crippen LogP contribution in [-0.2, 0) is 19.4 Å². The number of hydrogen-bond acceptors (Lipinski definition) is 3. The molecule has 0 fully saturated rings. The highest BCUT2D eigenvalue weighted by molar-refractivity contribution is 7.07. The van der Waals surface area contributed by atoms with Crippen LogP contribution in [-0.4, -0.2) is 22.4 Å². The molecule has 4 heteroatoms. The summed E-state index contributed by atoms with van der Waals surface area (Å²) in [4.78, 5) is 0. The Hall–Kier alpha value is -1.13. The maximum Gasteiger partial charge on any atom is 0.0596 e. The van der Waals surface area contributed by atoms with E-state index in [2.05, 4.69) is 58.8 Å². The summed E-state index contributed by atoms with van der Waals surface area (Å²) in [6.07, 6.45) is 2.13. The van der Waals surface area contributed by atoms with Crippen molar-refractivity contribution in [3.8, 4) is 0 Å². The third-order valence-electron chi connectivity index (χ3n) is 3.30. The molecule has 1 unspecified atom stereocenters. The smallest absolute Gasteiger partial charge is 0.0596 e. The number of thiophene rings is 1. The maximum atomic E-state index is 4.53. The van der Waals surface area contributed by atoms with E-state index in [-0.39, 0.29) is 0 Å². The first-order valence-electron chi connectivity index (χ1n) is 7.00. The molecule has 0 aliphatic carbocycles. The van der Waals surface area contributed by atoms with Crippen LogP contribution in [0.4, 0.5) is 0 Å². The molecule has 1 N–H and O–H groups in total. The van der Waals surface area contributed by atoms with Gasteiger partial charge in [0, 0.05) is 24.7 Å². The van der Waals surface area contributed by atoms with Crippen LogP contribution < -0.4 is 5.32 Å². The van der Waals surface area contributed by atoms with E-state index in [1.54, 1.807) is 11.3 Å². The van der Waals surface area contributed by atoms with Crippen molar-refractivity contribution >= 4 is 11.3 Å². The largest absolute Gasteiger partial charge is 0.314 e. The Bertz CT molecular complexity index is 487. The van der Waals surface area contributed by atoms with Gasteiger partial charge in [-0.3, -0.25) is 4.68 Å². The maximum absolute atomic E-state index is 4.53. The summed E-state index contributed by atoms with van der Waals surface area (Å²) in [7, 11) is 0. The van der Waals surface area contributed by atoms with Crippen molar-refractivity contribution in [1.29, 1.82) is 0 Å². The van der Waals surface area contributed by atoms with Gasteiger partial charge < -0.3 is 5.32 Å². The highest BCUT2D eigenvalue weighted by Gasteiger charge is 2.13. The van der Waals surface area contributed by atoms with Crippen molar-refractivity contribution in [2.45, 2.75) is 46.2 Å². The van der Waals surface area contributed by atoms with Crippen molar-refractivity contribution in [2.24, 2.45) is 0 Å². The molecule has 0 radical (unpaired) electrons. The van der Waals surface area contributed by atoms with Crippen LogP contribution >= 0.6 is 11.3 Å². The Labute approximate surface area is 119 Å². The lowest BCUT2D eigenvalue weighted by Crippen LogP contribution is -2.33. The molecule has 3 nitrogen and oxygen atoms in total. The molecular formula is C15H23N3S. The van der Waals surface area contributed by atoms with Crippen molar-refractivity contribution < 1.29 is 0 Å². The molecule has 0 saturated carbocycles. The second kappa shape index (κ2) is 6.87. The van der Waals surface area contributed by atoms with Crippen LogP contribution in [0.5, 0.6) is 0 Å². The third kappa shape index (κ3) is 3.91. The minimum atomic E-state index is 0.487. The SMILES string of the molecule is CCNC(Cc1ccsc1)Cc1cc(C)nn1CC. The standard InChI is InChI=1S/C15H23N3S/c1-4-16-14(9-13-6-7-19-11-13)10-15-8-12(3)17-18(15)5-2/h6-8,11,14,16H,4-5,9-10H2,1-3H3. The lowest BCUT2D eigenvalue weighted by atomic mass is 10.0. The number of aryl methyl sites for hydroxylation is 2. The molecule has 0 saturated heterocycles. The second-order valence-corrected chi connectivity index (χ2v) is 5.67. The first kappa shape index (κ1) is 14.3. The van der Waals surface area contributed by atoms with E-state index in [1.165, 1.54) is 11.3 Å². The van der Waals surface area contributed by atoms with Crippen LogP contribution in [0.3, 0.4) is 0 Å². The van der Waals surface area contributed by atoms with Gasteiger partial charge in [-0.1, -0.05) is 6.92 Å². The second-order valence-electron chi connectivity index (χ2n) is 4.89. The normalized spacial score (nSPS) is 12.8. The molecule has 2 aromatic rings. The third-order valence-corrected chi connectivity index (χ3v) is 4.03. The highest BCUT2D eigenvalue weighted by atomic mass is 32.1. The van der Waals surface area contributed by atoms with Crippen LogP contribution in [0.1, 0.15) is 30.8 Å². The Morgan fingerprint density at radius 3 is 2.84 bits per heavy atom. The van der Waals surface area contributed by atoms with Crippen LogP contribution in [0.25, 0.3) is 0 Å². The van der Waals surface area contributed by atoms with Crippen molar-refractivity contribution in [2.75, 3.05) is 6.54 Å². The molecule has 0 bridgehead atoms. The van der Waals surface area contributed by atoms with E-state index < -0.39 is 0 Å². The zero-order valence-electron chi connectivity index (χ0n) is 12.0. The number of aromatic nitrogens is 2. The molecule has 0 aliphatic heterocycles. The lowest BCUT2D eigenvalue weighted by Gasteiger charge is -2.17. The van der Waals surface area contributed by atoms with Gasteiger partial charge >= 0.3 is 0 Å². The van der Waals surface area contributed by atoms with E-state index >= 15 is 0 Å². The number of nitrogens with zero attached hydrogens (tertiary/aromatic N) is 2. The molecule has 2 aromatic heterocycles. The van der Waals surface area contributed by atoms with Gasteiger partial charge in [-0.15, -0.1) is 0 Å². The fourth-order valence-corrected chi connectivity index (χ4v) is 3.17. The van der Waals surface area contributed by atoms with E-state index in [0.717, 1.165) is 31.6 Å². The summed E-state index contributed by atoms with van der Waals surface area (Å²) in [5.74, 6) is 0. The average molecular weight is 277 g/mol. The van der Waals surface area contributed by atoms with Crippen molar-refractivity contribution in [3.05, 3.63) is 39.8 Å². The number of nitrogens with one attached hydrogen (secondary N) is 1. The topological polar surface area (TPSA) is 29.9 Å². The van der Waals surface area contributed by atoms with Gasteiger partial charge in [0.15, 0.2) is 0 Å². The summed E-state index contributed by atoms with van der Waals surface area (Å²) < 4.78 is 2.12. The van der Waals surface area contributed by atoms with Gasteiger partial charge in [-0.2, -0.15) is 16.4 Å². The van der Waals surface area contributed by atoms with Crippen LogP contribution in [0, 0.1) is 6.92 Å². The fraction of sp³-hybridized carbons (Fsp3) is 0.533. The summed E-state index contributed by atoms with van der Waals surface area (Å²) in [5.41, 5.74) is 3.87.